The maximum absolute atomic E-state index is 11.2. The fourth-order valence-electron chi connectivity index (χ4n) is 1.61. The molecule has 1 aromatic heterocycles. The molecule has 0 spiro atoms. The Morgan fingerprint density at radius 3 is 2.68 bits per heavy atom. The molecule has 0 N–H and O–H groups in total. The third kappa shape index (κ3) is 3.27. The van der Waals surface area contributed by atoms with E-state index in [-0.39, 0.29) is 4.90 Å². The zero-order chi connectivity index (χ0) is 14.0. The Kier molecular flexibility index (Phi) is 3.82. The predicted octanol–water partition coefficient (Wildman–Crippen LogP) is 2.24. The first-order valence-corrected chi connectivity index (χ1v) is 7.82. The van der Waals surface area contributed by atoms with E-state index in [9.17, 15) is 8.42 Å². The fourth-order valence-corrected chi connectivity index (χ4v) is 2.45. The van der Waals surface area contributed by atoms with Crippen LogP contribution in [0.5, 0.6) is 5.75 Å². The van der Waals surface area contributed by atoms with Crippen LogP contribution in [0.15, 0.2) is 35.6 Å². The molecule has 0 radical (unpaired) electrons. The molecule has 19 heavy (non-hydrogen) atoms. The number of nitrogens with zero attached hydrogens (tertiary/aromatic N) is 2. The molecule has 0 bridgehead atoms. The lowest BCUT2D eigenvalue weighted by molar-refractivity contribution is 0.295. The summed E-state index contributed by atoms with van der Waals surface area (Å²) >= 11 is 0. The zero-order valence-electron chi connectivity index (χ0n) is 10.5. The lowest BCUT2D eigenvalue weighted by Crippen LogP contribution is -2.02. The Balaban J connectivity index is 2.16. The smallest absolute Gasteiger partial charge is 0.261 e. The van der Waals surface area contributed by atoms with Gasteiger partial charge in [0.1, 0.15) is 12.4 Å². The van der Waals surface area contributed by atoms with Gasteiger partial charge in [-0.2, -0.15) is 0 Å². The summed E-state index contributed by atoms with van der Waals surface area (Å²) in [6, 6.07) is 4.51. The molecule has 5 nitrogen and oxygen atoms in total. The Bertz CT molecular complexity index is 695. The van der Waals surface area contributed by atoms with Crippen molar-refractivity contribution in [2.45, 2.75) is 18.4 Å². The molecule has 0 saturated heterocycles. The van der Waals surface area contributed by atoms with Crippen LogP contribution in [0, 0.1) is 6.92 Å². The first-order valence-electron chi connectivity index (χ1n) is 5.51. The van der Waals surface area contributed by atoms with E-state index in [0.717, 1.165) is 5.69 Å². The van der Waals surface area contributed by atoms with Crippen LogP contribution >= 0.6 is 10.7 Å². The average Bonchev–Trinajstić information content (AvgIpc) is 2.72. The number of benzene rings is 1. The monoisotopic (exact) mass is 300 g/mol. The van der Waals surface area contributed by atoms with Crippen LogP contribution in [-0.4, -0.2) is 18.0 Å². The normalized spacial score (nSPS) is 11.5. The highest BCUT2D eigenvalue weighted by Gasteiger charge is 2.12. The van der Waals surface area contributed by atoms with E-state index in [0.29, 0.717) is 17.9 Å². The van der Waals surface area contributed by atoms with E-state index in [2.05, 4.69) is 4.98 Å². The minimum Gasteiger partial charge on any atom is -0.487 e. The number of aryl methyl sites for hydroxylation is 2. The van der Waals surface area contributed by atoms with Crippen LogP contribution in [0.3, 0.4) is 0 Å². The van der Waals surface area contributed by atoms with Gasteiger partial charge in [0.15, 0.2) is 0 Å². The number of hydrogen-bond donors (Lipinski definition) is 0. The summed E-state index contributed by atoms with van der Waals surface area (Å²) in [5, 5.41) is 0. The van der Waals surface area contributed by atoms with Gasteiger partial charge in [0.05, 0.1) is 23.1 Å². The number of rotatable bonds is 4. The summed E-state index contributed by atoms with van der Waals surface area (Å²) in [6.07, 6.45) is 3.40. The van der Waals surface area contributed by atoms with Crippen molar-refractivity contribution >= 4 is 19.7 Å². The summed E-state index contributed by atoms with van der Waals surface area (Å²) < 4.78 is 29.9. The molecular formula is C12H13ClN2O3S. The van der Waals surface area contributed by atoms with Gasteiger partial charge in [0.2, 0.25) is 0 Å². The largest absolute Gasteiger partial charge is 0.487 e. The van der Waals surface area contributed by atoms with E-state index in [1.807, 2.05) is 11.6 Å². The summed E-state index contributed by atoms with van der Waals surface area (Å²) in [5.74, 6) is 0.616. The number of hydrogen-bond acceptors (Lipinski definition) is 4. The van der Waals surface area contributed by atoms with Gasteiger partial charge in [-0.15, -0.1) is 0 Å². The molecule has 0 amide bonds. The van der Waals surface area contributed by atoms with Gasteiger partial charge in [0, 0.05) is 17.7 Å². The molecule has 1 heterocycles. The van der Waals surface area contributed by atoms with E-state index < -0.39 is 9.05 Å². The van der Waals surface area contributed by atoms with E-state index >= 15 is 0 Å². The topological polar surface area (TPSA) is 61.2 Å². The maximum atomic E-state index is 11.2. The molecule has 1 aromatic carbocycles. The van der Waals surface area contributed by atoms with Gasteiger partial charge in [0.25, 0.3) is 9.05 Å². The van der Waals surface area contributed by atoms with Gasteiger partial charge < -0.3 is 9.30 Å². The van der Waals surface area contributed by atoms with E-state index in [1.54, 1.807) is 25.5 Å². The average molecular weight is 301 g/mol. The second-order valence-electron chi connectivity index (χ2n) is 4.15. The SMILES string of the molecule is Cc1cc(S(=O)(=O)Cl)ccc1OCc1cncn1C. The van der Waals surface area contributed by atoms with Gasteiger partial charge in [-0.1, -0.05) is 0 Å². The van der Waals surface area contributed by atoms with Crippen LogP contribution in [-0.2, 0) is 22.7 Å². The lowest BCUT2D eigenvalue weighted by atomic mass is 10.2. The van der Waals surface area contributed by atoms with Gasteiger partial charge in [-0.05, 0) is 30.7 Å². The summed E-state index contributed by atoms with van der Waals surface area (Å²) in [6.45, 7) is 2.13. The molecule has 7 heteroatoms. The van der Waals surface area contributed by atoms with Crippen molar-refractivity contribution in [3.05, 3.63) is 42.0 Å². The first kappa shape index (κ1) is 13.9. The van der Waals surface area contributed by atoms with Gasteiger partial charge in [-0.25, -0.2) is 13.4 Å². The minimum atomic E-state index is -3.70. The lowest BCUT2D eigenvalue weighted by Gasteiger charge is -2.10. The fraction of sp³-hybridized carbons (Fsp3) is 0.250. The van der Waals surface area contributed by atoms with Crippen molar-refractivity contribution in [2.24, 2.45) is 7.05 Å². The summed E-state index contributed by atoms with van der Waals surface area (Å²) in [5.41, 5.74) is 1.64. The highest BCUT2D eigenvalue weighted by atomic mass is 35.7. The van der Waals surface area contributed by atoms with Crippen LogP contribution in [0.4, 0.5) is 0 Å². The number of ether oxygens (including phenoxy) is 1. The molecule has 0 unspecified atom stereocenters. The number of aromatic nitrogens is 2. The zero-order valence-corrected chi connectivity index (χ0v) is 12.1. The van der Waals surface area contributed by atoms with Crippen molar-refractivity contribution in [1.29, 1.82) is 0 Å². The minimum absolute atomic E-state index is 0.0690. The van der Waals surface area contributed by atoms with Gasteiger partial charge >= 0.3 is 0 Å². The Hall–Kier alpha value is -1.53. The molecule has 2 aromatic rings. The van der Waals surface area contributed by atoms with Gasteiger partial charge in [-0.3, -0.25) is 0 Å². The molecule has 0 atom stereocenters. The van der Waals surface area contributed by atoms with Crippen molar-refractivity contribution in [3.63, 3.8) is 0 Å². The molecule has 0 fully saturated rings. The molecule has 0 aliphatic rings. The number of imidazole rings is 1. The predicted molar refractivity (Wildman–Crippen MR) is 71.8 cm³/mol. The Morgan fingerprint density at radius 2 is 2.16 bits per heavy atom. The van der Waals surface area contributed by atoms with Crippen LogP contribution in [0.2, 0.25) is 0 Å². The van der Waals surface area contributed by atoms with Crippen LogP contribution in [0.25, 0.3) is 0 Å². The molecule has 2 rings (SSSR count). The highest BCUT2D eigenvalue weighted by molar-refractivity contribution is 8.13. The third-order valence-electron chi connectivity index (χ3n) is 2.72. The molecule has 0 saturated carbocycles. The first-order chi connectivity index (χ1) is 8.88. The van der Waals surface area contributed by atoms with Crippen LogP contribution in [0.1, 0.15) is 11.3 Å². The van der Waals surface area contributed by atoms with Crippen molar-refractivity contribution in [3.8, 4) is 5.75 Å². The standard InChI is InChI=1S/C12H13ClN2O3S/c1-9-5-11(19(13,16)17)3-4-12(9)18-7-10-6-14-8-15(10)2/h3-6,8H,7H2,1-2H3. The van der Waals surface area contributed by atoms with E-state index in [4.69, 9.17) is 15.4 Å². The summed E-state index contributed by atoms with van der Waals surface area (Å²) in [4.78, 5) is 4.06. The second-order valence-corrected chi connectivity index (χ2v) is 6.72. The summed E-state index contributed by atoms with van der Waals surface area (Å²) in [7, 11) is 3.45. The molecular weight excluding hydrogens is 288 g/mol. The van der Waals surface area contributed by atoms with Crippen LogP contribution < -0.4 is 4.74 Å². The Morgan fingerprint density at radius 1 is 1.42 bits per heavy atom. The van der Waals surface area contributed by atoms with E-state index in [1.165, 1.54) is 12.1 Å². The molecule has 0 aliphatic heterocycles. The maximum Gasteiger partial charge on any atom is 0.261 e. The van der Waals surface area contributed by atoms with Crippen molar-refractivity contribution < 1.29 is 13.2 Å². The van der Waals surface area contributed by atoms with Crippen molar-refractivity contribution in [2.75, 3.05) is 0 Å². The number of halogens is 1. The Labute approximate surface area is 116 Å². The second kappa shape index (κ2) is 5.22. The quantitative estimate of drug-likeness (QED) is 0.812. The molecule has 102 valence electrons. The third-order valence-corrected chi connectivity index (χ3v) is 4.07. The van der Waals surface area contributed by atoms with Crippen molar-refractivity contribution in [1.82, 2.24) is 9.55 Å². The molecule has 0 aliphatic carbocycles. The highest BCUT2D eigenvalue weighted by Crippen LogP contribution is 2.24.